The van der Waals surface area contributed by atoms with Crippen molar-refractivity contribution in [2.75, 3.05) is 11.9 Å². The van der Waals surface area contributed by atoms with E-state index in [4.69, 9.17) is 50.2 Å². The summed E-state index contributed by atoms with van der Waals surface area (Å²) in [5.41, 5.74) is -0.0342. The van der Waals surface area contributed by atoms with Crippen molar-refractivity contribution in [2.45, 2.75) is 8.69 Å². The number of carbonyl (C=O) groups excluding carboxylic acids is 1. The summed E-state index contributed by atoms with van der Waals surface area (Å²) in [6, 6.07) is 9.71. The van der Waals surface area contributed by atoms with Crippen LogP contribution in [0, 0.1) is 0 Å². The molecule has 2 aromatic carbocycles. The fraction of sp³-hybridized carbons (Fsp3) is 0.154. The molecule has 1 amide bonds. The summed E-state index contributed by atoms with van der Waals surface area (Å²) < 4.78 is 26.7. The second-order valence-corrected chi connectivity index (χ2v) is 9.44. The van der Waals surface area contributed by atoms with Crippen LogP contribution < -0.4 is 5.32 Å². The lowest BCUT2D eigenvalue weighted by molar-refractivity contribution is 0.164. The first-order valence-electron chi connectivity index (χ1n) is 6.05. The van der Waals surface area contributed by atoms with Gasteiger partial charge in [-0.25, -0.2) is 13.2 Å². The molecule has 0 saturated carbocycles. The SMILES string of the molecule is O=C(Nc1ccc2ccccc2c1S(=O)(=O)Cl)OCC(Cl)(Cl)Cl. The summed E-state index contributed by atoms with van der Waals surface area (Å²) in [6.07, 6.45) is -0.979. The molecule has 0 aromatic heterocycles. The summed E-state index contributed by atoms with van der Waals surface area (Å²) in [5, 5.41) is 3.29. The fourth-order valence-corrected chi connectivity index (χ4v) is 3.39. The molecule has 124 valence electrons. The van der Waals surface area contributed by atoms with Crippen LogP contribution in [0.5, 0.6) is 0 Å². The number of anilines is 1. The molecule has 0 radical (unpaired) electrons. The molecule has 23 heavy (non-hydrogen) atoms. The van der Waals surface area contributed by atoms with E-state index in [0.29, 0.717) is 10.8 Å². The Bertz CT molecular complexity index is 849. The van der Waals surface area contributed by atoms with E-state index >= 15 is 0 Å². The van der Waals surface area contributed by atoms with E-state index in [2.05, 4.69) is 5.32 Å². The molecule has 0 heterocycles. The van der Waals surface area contributed by atoms with Crippen LogP contribution in [0.2, 0.25) is 0 Å². The number of halogens is 4. The number of nitrogens with one attached hydrogen (secondary N) is 1. The average Bonchev–Trinajstić information content (AvgIpc) is 2.43. The van der Waals surface area contributed by atoms with E-state index in [0.717, 1.165) is 0 Å². The van der Waals surface area contributed by atoms with Crippen LogP contribution in [-0.4, -0.2) is 24.9 Å². The zero-order valence-corrected chi connectivity index (χ0v) is 15.1. The van der Waals surface area contributed by atoms with Gasteiger partial charge >= 0.3 is 6.09 Å². The van der Waals surface area contributed by atoms with Crippen molar-refractivity contribution >= 4 is 77.1 Å². The minimum atomic E-state index is -4.13. The maximum atomic E-state index is 11.9. The van der Waals surface area contributed by atoms with Crippen LogP contribution in [0.15, 0.2) is 41.3 Å². The van der Waals surface area contributed by atoms with Gasteiger partial charge in [0.15, 0.2) is 0 Å². The van der Waals surface area contributed by atoms with Crippen molar-refractivity contribution in [1.29, 1.82) is 0 Å². The Balaban J connectivity index is 2.39. The number of amides is 1. The largest absolute Gasteiger partial charge is 0.445 e. The van der Waals surface area contributed by atoms with E-state index in [1.54, 1.807) is 30.3 Å². The van der Waals surface area contributed by atoms with Crippen molar-refractivity contribution < 1.29 is 17.9 Å². The van der Waals surface area contributed by atoms with Gasteiger partial charge in [0, 0.05) is 16.1 Å². The Morgan fingerprint density at radius 1 is 1.13 bits per heavy atom. The maximum absolute atomic E-state index is 11.9. The third-order valence-corrected chi connectivity index (χ3v) is 4.44. The molecule has 2 aromatic rings. The van der Waals surface area contributed by atoms with Gasteiger partial charge in [-0.15, -0.1) is 0 Å². The lowest BCUT2D eigenvalue weighted by Crippen LogP contribution is -2.21. The molecule has 0 atom stereocenters. The van der Waals surface area contributed by atoms with Crippen LogP contribution in [0.25, 0.3) is 10.8 Å². The molecule has 0 aliphatic heterocycles. The second kappa shape index (κ2) is 6.91. The number of benzene rings is 2. The molecule has 2 rings (SSSR count). The number of rotatable bonds is 3. The number of alkyl halides is 3. The van der Waals surface area contributed by atoms with E-state index in [9.17, 15) is 13.2 Å². The molecule has 0 aliphatic carbocycles. The molecule has 0 spiro atoms. The van der Waals surface area contributed by atoms with Crippen LogP contribution in [-0.2, 0) is 13.8 Å². The quantitative estimate of drug-likeness (QED) is 0.582. The summed E-state index contributed by atoms with van der Waals surface area (Å²) in [4.78, 5) is 11.5. The van der Waals surface area contributed by atoms with Crippen molar-refractivity contribution in [3.8, 4) is 0 Å². The van der Waals surface area contributed by atoms with Gasteiger partial charge in [0.25, 0.3) is 9.05 Å². The summed E-state index contributed by atoms with van der Waals surface area (Å²) in [7, 11) is 1.37. The van der Waals surface area contributed by atoms with Crippen LogP contribution in [0.1, 0.15) is 0 Å². The monoisotopic (exact) mass is 415 g/mol. The van der Waals surface area contributed by atoms with E-state index in [-0.39, 0.29) is 10.6 Å². The Hall–Kier alpha value is -0.920. The minimum Gasteiger partial charge on any atom is -0.445 e. The molecule has 10 heteroatoms. The van der Waals surface area contributed by atoms with Crippen molar-refractivity contribution in [2.24, 2.45) is 0 Å². The molecule has 0 aliphatic rings. The van der Waals surface area contributed by atoms with Gasteiger partial charge in [-0.1, -0.05) is 65.1 Å². The minimum absolute atomic E-state index is 0.0342. The highest BCUT2D eigenvalue weighted by molar-refractivity contribution is 8.14. The van der Waals surface area contributed by atoms with Crippen LogP contribution >= 0.6 is 45.5 Å². The molecular weight excluding hydrogens is 408 g/mol. The summed E-state index contributed by atoms with van der Waals surface area (Å²) in [6.45, 7) is -0.500. The van der Waals surface area contributed by atoms with E-state index < -0.39 is 25.5 Å². The molecule has 1 N–H and O–H groups in total. The topological polar surface area (TPSA) is 72.5 Å². The Kier molecular flexibility index (Phi) is 5.53. The first-order valence-corrected chi connectivity index (χ1v) is 9.49. The van der Waals surface area contributed by atoms with Gasteiger partial charge in [-0.05, 0) is 11.5 Å². The number of hydrogen-bond acceptors (Lipinski definition) is 4. The molecule has 0 saturated heterocycles. The Morgan fingerprint density at radius 2 is 1.78 bits per heavy atom. The molecule has 0 unspecified atom stereocenters. The van der Waals surface area contributed by atoms with Gasteiger partial charge < -0.3 is 4.74 Å². The predicted molar refractivity (Wildman–Crippen MR) is 92.2 cm³/mol. The smallest absolute Gasteiger partial charge is 0.411 e. The maximum Gasteiger partial charge on any atom is 0.411 e. The van der Waals surface area contributed by atoms with Gasteiger partial charge in [0.2, 0.25) is 3.79 Å². The standard InChI is InChI=1S/C13H9Cl4NO4S/c14-13(15,16)7-22-12(19)18-10-6-5-8-3-1-2-4-9(8)11(10)23(17,20)21/h1-6H,7H2,(H,18,19). The zero-order valence-electron chi connectivity index (χ0n) is 11.2. The van der Waals surface area contributed by atoms with Gasteiger partial charge in [-0.3, -0.25) is 5.32 Å². The van der Waals surface area contributed by atoms with Crippen LogP contribution in [0.4, 0.5) is 10.5 Å². The number of fused-ring (bicyclic) bond motifs is 1. The first-order chi connectivity index (χ1) is 10.6. The Morgan fingerprint density at radius 3 is 2.39 bits per heavy atom. The van der Waals surface area contributed by atoms with Crippen molar-refractivity contribution in [1.82, 2.24) is 0 Å². The highest BCUT2D eigenvalue weighted by Gasteiger charge is 2.24. The summed E-state index contributed by atoms with van der Waals surface area (Å²) in [5.74, 6) is 0. The highest BCUT2D eigenvalue weighted by atomic mass is 35.7. The van der Waals surface area contributed by atoms with Gasteiger partial charge in [0.1, 0.15) is 11.5 Å². The lowest BCUT2D eigenvalue weighted by Gasteiger charge is -2.14. The number of ether oxygens (including phenoxy) is 1. The normalized spacial score (nSPS) is 12.2. The number of carbonyl (C=O) groups is 1. The van der Waals surface area contributed by atoms with Gasteiger partial charge in [-0.2, -0.15) is 0 Å². The van der Waals surface area contributed by atoms with E-state index in [1.165, 1.54) is 6.07 Å². The lowest BCUT2D eigenvalue weighted by atomic mass is 10.1. The van der Waals surface area contributed by atoms with Crippen molar-refractivity contribution in [3.63, 3.8) is 0 Å². The van der Waals surface area contributed by atoms with Crippen molar-refractivity contribution in [3.05, 3.63) is 36.4 Å². The zero-order chi connectivity index (χ0) is 17.3. The summed E-state index contributed by atoms with van der Waals surface area (Å²) >= 11 is 16.4. The first kappa shape index (κ1) is 18.4. The van der Waals surface area contributed by atoms with E-state index in [1.807, 2.05) is 0 Å². The molecular formula is C13H9Cl4NO4S. The second-order valence-electron chi connectivity index (χ2n) is 4.42. The highest BCUT2D eigenvalue weighted by Crippen LogP contribution is 2.33. The van der Waals surface area contributed by atoms with Crippen LogP contribution in [0.3, 0.4) is 0 Å². The average molecular weight is 417 g/mol. The predicted octanol–water partition coefficient (Wildman–Crippen LogP) is 4.69. The third-order valence-electron chi connectivity index (χ3n) is 2.73. The molecule has 5 nitrogen and oxygen atoms in total. The van der Waals surface area contributed by atoms with Gasteiger partial charge in [0.05, 0.1) is 5.69 Å². The third kappa shape index (κ3) is 5.02. The molecule has 0 bridgehead atoms. The molecule has 0 fully saturated rings. The number of hydrogen-bond donors (Lipinski definition) is 1. The Labute approximate surface area is 151 Å². The fourth-order valence-electron chi connectivity index (χ4n) is 1.90.